The van der Waals surface area contributed by atoms with E-state index in [1.54, 1.807) is 12.1 Å². The maximum absolute atomic E-state index is 14.6. The summed E-state index contributed by atoms with van der Waals surface area (Å²) in [6, 6.07) is 17.1. The number of aromatic nitrogens is 2. The summed E-state index contributed by atoms with van der Waals surface area (Å²) >= 11 is 0. The average molecular weight is 359 g/mol. The number of nitrogens with one attached hydrogen (secondary N) is 1. The standard InChI is InChI=1S/C23H22FN3/c1-14-12-17(4)27-20(13-14)25-22(18-10-5-6-11-19(18)24)23(27)26-21-15(2)8-7-9-16(21)3/h5-13,26H,1-4H3. The van der Waals surface area contributed by atoms with Gasteiger partial charge >= 0.3 is 0 Å². The summed E-state index contributed by atoms with van der Waals surface area (Å²) < 4.78 is 16.6. The van der Waals surface area contributed by atoms with Gasteiger partial charge in [0.05, 0.1) is 0 Å². The molecule has 0 aliphatic carbocycles. The van der Waals surface area contributed by atoms with Crippen LogP contribution in [0.25, 0.3) is 16.9 Å². The number of hydrogen-bond donors (Lipinski definition) is 1. The molecule has 2 heterocycles. The molecule has 4 rings (SSSR count). The van der Waals surface area contributed by atoms with Gasteiger partial charge in [0.25, 0.3) is 0 Å². The monoisotopic (exact) mass is 359 g/mol. The van der Waals surface area contributed by atoms with Gasteiger partial charge in [0.1, 0.15) is 23.0 Å². The summed E-state index contributed by atoms with van der Waals surface area (Å²) in [5.74, 6) is 0.504. The molecule has 4 heteroatoms. The predicted octanol–water partition coefficient (Wildman–Crippen LogP) is 6.12. The van der Waals surface area contributed by atoms with Crippen molar-refractivity contribution < 1.29 is 4.39 Å². The fourth-order valence-corrected chi connectivity index (χ4v) is 3.62. The number of benzene rings is 2. The van der Waals surface area contributed by atoms with Crippen molar-refractivity contribution in [3.63, 3.8) is 0 Å². The third-order valence-corrected chi connectivity index (χ3v) is 4.90. The Kier molecular flexibility index (Phi) is 4.19. The molecule has 0 fully saturated rings. The Bertz CT molecular complexity index is 1140. The lowest BCUT2D eigenvalue weighted by Gasteiger charge is -2.15. The maximum Gasteiger partial charge on any atom is 0.143 e. The average Bonchev–Trinajstić information content (AvgIpc) is 2.97. The normalized spacial score (nSPS) is 11.1. The molecule has 2 aromatic carbocycles. The van der Waals surface area contributed by atoms with Gasteiger partial charge in [-0.3, -0.25) is 4.40 Å². The first kappa shape index (κ1) is 17.3. The van der Waals surface area contributed by atoms with E-state index in [1.807, 2.05) is 32.0 Å². The zero-order valence-electron chi connectivity index (χ0n) is 16.0. The molecular weight excluding hydrogens is 337 g/mol. The van der Waals surface area contributed by atoms with E-state index in [-0.39, 0.29) is 5.82 Å². The fraction of sp³-hybridized carbons (Fsp3) is 0.174. The van der Waals surface area contributed by atoms with Gasteiger partial charge in [0.15, 0.2) is 0 Å². The molecule has 0 bridgehead atoms. The number of para-hydroxylation sites is 1. The highest BCUT2D eigenvalue weighted by Gasteiger charge is 2.19. The summed E-state index contributed by atoms with van der Waals surface area (Å²) in [4.78, 5) is 4.78. The van der Waals surface area contributed by atoms with Crippen LogP contribution >= 0.6 is 0 Å². The van der Waals surface area contributed by atoms with Gasteiger partial charge in [-0.2, -0.15) is 0 Å². The van der Waals surface area contributed by atoms with Crippen LogP contribution in [0.15, 0.2) is 54.6 Å². The summed E-state index contributed by atoms with van der Waals surface area (Å²) in [6.07, 6.45) is 0. The van der Waals surface area contributed by atoms with Gasteiger partial charge in [-0.15, -0.1) is 0 Å². The van der Waals surface area contributed by atoms with Crippen LogP contribution in [0.5, 0.6) is 0 Å². The van der Waals surface area contributed by atoms with Gasteiger partial charge in [-0.05, 0) is 68.7 Å². The number of hydrogen-bond acceptors (Lipinski definition) is 2. The second-order valence-electron chi connectivity index (χ2n) is 7.05. The van der Waals surface area contributed by atoms with Crippen molar-refractivity contribution in [1.82, 2.24) is 9.38 Å². The highest BCUT2D eigenvalue weighted by Crippen LogP contribution is 2.35. The number of halogens is 1. The second-order valence-corrected chi connectivity index (χ2v) is 7.05. The van der Waals surface area contributed by atoms with E-state index in [4.69, 9.17) is 4.98 Å². The Morgan fingerprint density at radius 3 is 2.30 bits per heavy atom. The molecule has 1 N–H and O–H groups in total. The van der Waals surface area contributed by atoms with Crippen LogP contribution in [0.1, 0.15) is 22.4 Å². The summed E-state index contributed by atoms with van der Waals surface area (Å²) in [5.41, 5.74) is 7.38. The SMILES string of the molecule is Cc1cc(C)n2c(Nc3c(C)cccc3C)c(-c3ccccc3F)nc2c1. The third-order valence-electron chi connectivity index (χ3n) is 4.90. The molecule has 2 aromatic heterocycles. The first-order chi connectivity index (χ1) is 13.0. The van der Waals surface area contributed by atoms with E-state index in [0.29, 0.717) is 11.3 Å². The highest BCUT2D eigenvalue weighted by molar-refractivity contribution is 5.81. The molecule has 3 nitrogen and oxygen atoms in total. The molecule has 4 aromatic rings. The minimum absolute atomic E-state index is 0.278. The lowest BCUT2D eigenvalue weighted by molar-refractivity contribution is 0.631. The van der Waals surface area contributed by atoms with Crippen molar-refractivity contribution in [1.29, 1.82) is 0 Å². The Morgan fingerprint density at radius 1 is 0.889 bits per heavy atom. The van der Waals surface area contributed by atoms with E-state index in [1.165, 1.54) is 6.07 Å². The fourth-order valence-electron chi connectivity index (χ4n) is 3.62. The van der Waals surface area contributed by atoms with E-state index in [2.05, 4.69) is 41.8 Å². The van der Waals surface area contributed by atoms with Gasteiger partial charge < -0.3 is 5.32 Å². The number of pyridine rings is 1. The molecule has 0 spiro atoms. The molecule has 0 saturated heterocycles. The first-order valence-corrected chi connectivity index (χ1v) is 9.03. The van der Waals surface area contributed by atoms with E-state index < -0.39 is 0 Å². The lowest BCUT2D eigenvalue weighted by atomic mass is 10.1. The molecule has 27 heavy (non-hydrogen) atoms. The topological polar surface area (TPSA) is 29.3 Å². The molecule has 0 atom stereocenters. The van der Waals surface area contributed by atoms with Crippen molar-refractivity contribution in [3.8, 4) is 11.3 Å². The Balaban J connectivity index is 2.02. The summed E-state index contributed by atoms with van der Waals surface area (Å²) in [6.45, 7) is 8.22. The number of fused-ring (bicyclic) bond motifs is 1. The van der Waals surface area contributed by atoms with Crippen molar-refractivity contribution >= 4 is 17.2 Å². The molecule has 136 valence electrons. The smallest absolute Gasteiger partial charge is 0.143 e. The summed E-state index contributed by atoms with van der Waals surface area (Å²) in [7, 11) is 0. The largest absolute Gasteiger partial charge is 0.339 e. The minimum atomic E-state index is -0.278. The molecule has 0 aliphatic rings. The van der Waals surface area contributed by atoms with Crippen molar-refractivity contribution in [3.05, 3.63) is 82.8 Å². The maximum atomic E-state index is 14.6. The Labute approximate surface area is 158 Å². The van der Waals surface area contributed by atoms with E-state index in [0.717, 1.165) is 39.5 Å². The van der Waals surface area contributed by atoms with Crippen molar-refractivity contribution in [2.24, 2.45) is 0 Å². The van der Waals surface area contributed by atoms with Crippen molar-refractivity contribution in [2.75, 3.05) is 5.32 Å². The molecular formula is C23H22FN3. The van der Waals surface area contributed by atoms with E-state index >= 15 is 0 Å². The Morgan fingerprint density at radius 2 is 1.59 bits per heavy atom. The number of aryl methyl sites for hydroxylation is 4. The van der Waals surface area contributed by atoms with E-state index in [9.17, 15) is 4.39 Å². The van der Waals surface area contributed by atoms with Crippen LogP contribution < -0.4 is 5.32 Å². The van der Waals surface area contributed by atoms with Gasteiger partial charge in [0, 0.05) is 16.9 Å². The summed E-state index contributed by atoms with van der Waals surface area (Å²) in [5, 5.41) is 3.55. The number of nitrogens with zero attached hydrogens (tertiary/aromatic N) is 2. The van der Waals surface area contributed by atoms with Crippen LogP contribution in [0.2, 0.25) is 0 Å². The lowest BCUT2D eigenvalue weighted by Crippen LogP contribution is -2.03. The quantitative estimate of drug-likeness (QED) is 0.478. The number of rotatable bonds is 3. The van der Waals surface area contributed by atoms with Crippen LogP contribution in [-0.4, -0.2) is 9.38 Å². The van der Waals surface area contributed by atoms with Gasteiger partial charge in [-0.25, -0.2) is 9.37 Å². The molecule has 0 radical (unpaired) electrons. The van der Waals surface area contributed by atoms with Crippen LogP contribution in [0, 0.1) is 33.5 Å². The molecule has 0 amide bonds. The van der Waals surface area contributed by atoms with Gasteiger partial charge in [0.2, 0.25) is 0 Å². The van der Waals surface area contributed by atoms with Crippen LogP contribution in [-0.2, 0) is 0 Å². The number of imidazole rings is 1. The first-order valence-electron chi connectivity index (χ1n) is 9.03. The molecule has 0 unspecified atom stereocenters. The van der Waals surface area contributed by atoms with Gasteiger partial charge in [-0.1, -0.05) is 30.3 Å². The second kappa shape index (κ2) is 6.54. The zero-order chi connectivity index (χ0) is 19.1. The molecule has 0 saturated carbocycles. The Hall–Kier alpha value is -3.14. The number of anilines is 2. The predicted molar refractivity (Wildman–Crippen MR) is 109 cm³/mol. The van der Waals surface area contributed by atoms with Crippen LogP contribution in [0.3, 0.4) is 0 Å². The van der Waals surface area contributed by atoms with Crippen molar-refractivity contribution in [2.45, 2.75) is 27.7 Å². The van der Waals surface area contributed by atoms with Crippen LogP contribution in [0.4, 0.5) is 15.9 Å². The highest BCUT2D eigenvalue weighted by atomic mass is 19.1. The third kappa shape index (κ3) is 2.97. The zero-order valence-corrected chi connectivity index (χ0v) is 16.0. The molecule has 0 aliphatic heterocycles. The minimum Gasteiger partial charge on any atom is -0.339 e.